The van der Waals surface area contributed by atoms with E-state index in [1.54, 1.807) is 6.92 Å². The zero-order valence-corrected chi connectivity index (χ0v) is 12.5. The lowest BCUT2D eigenvalue weighted by atomic mass is 10.2. The molecule has 0 radical (unpaired) electrons. The van der Waals surface area contributed by atoms with E-state index in [1.165, 1.54) is 0 Å². The molecule has 0 aromatic carbocycles. The Bertz CT molecular complexity index is 405. The van der Waals surface area contributed by atoms with E-state index in [0.29, 0.717) is 31.8 Å². The number of carbonyl (C=O) groups excluding carboxylic acids is 2. The molecule has 0 saturated carbocycles. The molecule has 2 aliphatic rings. The number of carbonyl (C=O) groups is 2. The van der Waals surface area contributed by atoms with Gasteiger partial charge >= 0.3 is 5.30 Å². The number of nitrogens with one attached hydrogen (secondary N) is 1. The molecule has 112 valence electrons. The van der Waals surface area contributed by atoms with Crippen molar-refractivity contribution in [2.45, 2.75) is 26.2 Å². The summed E-state index contributed by atoms with van der Waals surface area (Å²) in [6, 6.07) is 0. The van der Waals surface area contributed by atoms with E-state index >= 15 is 0 Å². The quantitative estimate of drug-likeness (QED) is 0.632. The van der Waals surface area contributed by atoms with Crippen LogP contribution in [0.3, 0.4) is 0 Å². The second kappa shape index (κ2) is 7.54. The van der Waals surface area contributed by atoms with Crippen molar-refractivity contribution in [3.05, 3.63) is 11.3 Å². The third-order valence-corrected chi connectivity index (χ3v) is 3.92. The molecule has 0 aromatic rings. The third kappa shape index (κ3) is 3.89. The van der Waals surface area contributed by atoms with Crippen LogP contribution in [0.15, 0.2) is 11.3 Å². The van der Waals surface area contributed by atoms with Gasteiger partial charge in [0.25, 0.3) is 5.91 Å². The fourth-order valence-electron chi connectivity index (χ4n) is 2.45. The lowest BCUT2D eigenvalue weighted by Gasteiger charge is -2.30. The molecule has 1 saturated heterocycles. The molecular weight excluding hydrogens is 280 g/mol. The Hall–Kier alpha value is -1.21. The topological polar surface area (TPSA) is 67.9 Å². The minimum absolute atomic E-state index is 0.179. The van der Waals surface area contributed by atoms with Crippen molar-refractivity contribution >= 4 is 23.2 Å². The Kier molecular flexibility index (Phi) is 5.72. The minimum atomic E-state index is -0.479. The van der Waals surface area contributed by atoms with Crippen LogP contribution in [0, 0.1) is 0 Å². The highest BCUT2D eigenvalue weighted by molar-refractivity contribution is 8.12. The fraction of sp³-hybridized carbons (Fsp3) is 0.692. The molecule has 1 fully saturated rings. The van der Waals surface area contributed by atoms with Crippen molar-refractivity contribution < 1.29 is 19.1 Å². The maximum absolute atomic E-state index is 12.2. The molecule has 6 nitrogen and oxygen atoms in total. The molecule has 0 unspecified atom stereocenters. The number of rotatable bonds is 3. The maximum Gasteiger partial charge on any atom is 0.388 e. The summed E-state index contributed by atoms with van der Waals surface area (Å²) >= 11 is 0.707. The number of amides is 1. The standard InChI is InChI=1S/C13H20N2O4S/c1-2-19-13(17)20-14-12(16)10-4-3-5-11(10)15-6-8-18-9-7-15/h2-9H2,1H3,(H,14,16). The molecule has 0 aromatic heterocycles. The molecular formula is C13H20N2O4S. The summed E-state index contributed by atoms with van der Waals surface area (Å²) in [6.07, 6.45) is 2.67. The lowest BCUT2D eigenvalue weighted by molar-refractivity contribution is -0.115. The van der Waals surface area contributed by atoms with Gasteiger partial charge < -0.3 is 14.4 Å². The summed E-state index contributed by atoms with van der Waals surface area (Å²) in [5.41, 5.74) is 1.90. The zero-order valence-electron chi connectivity index (χ0n) is 11.6. The van der Waals surface area contributed by atoms with Gasteiger partial charge in [-0.2, -0.15) is 0 Å². The van der Waals surface area contributed by atoms with E-state index < -0.39 is 5.30 Å². The van der Waals surface area contributed by atoms with E-state index in [-0.39, 0.29) is 5.91 Å². The first-order valence-corrected chi connectivity index (χ1v) is 7.72. The van der Waals surface area contributed by atoms with Crippen molar-refractivity contribution in [2.24, 2.45) is 0 Å². The van der Waals surface area contributed by atoms with Gasteiger partial charge in [-0.1, -0.05) is 0 Å². The second-order valence-corrected chi connectivity index (χ2v) is 5.34. The number of hydrogen-bond acceptors (Lipinski definition) is 6. The van der Waals surface area contributed by atoms with Crippen LogP contribution in [0.2, 0.25) is 0 Å². The summed E-state index contributed by atoms with van der Waals surface area (Å²) in [4.78, 5) is 25.6. The first kappa shape index (κ1) is 15.2. The fourth-order valence-corrected chi connectivity index (χ4v) is 2.93. The highest BCUT2D eigenvalue weighted by atomic mass is 32.2. The third-order valence-electron chi connectivity index (χ3n) is 3.34. The molecule has 0 bridgehead atoms. The Morgan fingerprint density at radius 3 is 2.80 bits per heavy atom. The van der Waals surface area contributed by atoms with Crippen LogP contribution in [-0.4, -0.2) is 49.0 Å². The Morgan fingerprint density at radius 1 is 1.35 bits per heavy atom. The van der Waals surface area contributed by atoms with Gasteiger partial charge in [-0.15, -0.1) is 0 Å². The molecule has 1 amide bonds. The van der Waals surface area contributed by atoms with Crippen molar-refractivity contribution in [1.29, 1.82) is 0 Å². The van der Waals surface area contributed by atoms with E-state index in [2.05, 4.69) is 9.62 Å². The molecule has 1 heterocycles. The second-order valence-electron chi connectivity index (χ2n) is 4.59. The average molecular weight is 300 g/mol. The first-order valence-electron chi connectivity index (χ1n) is 6.91. The highest BCUT2D eigenvalue weighted by Gasteiger charge is 2.26. The summed E-state index contributed by atoms with van der Waals surface area (Å²) < 4.78 is 12.7. The van der Waals surface area contributed by atoms with Crippen LogP contribution in [0.5, 0.6) is 0 Å². The van der Waals surface area contributed by atoms with Crippen LogP contribution in [0.4, 0.5) is 4.79 Å². The Balaban J connectivity index is 1.93. The summed E-state index contributed by atoms with van der Waals surface area (Å²) in [7, 11) is 0. The predicted octanol–water partition coefficient (Wildman–Crippen LogP) is 1.68. The van der Waals surface area contributed by atoms with Crippen molar-refractivity contribution in [2.75, 3.05) is 32.9 Å². The Morgan fingerprint density at radius 2 is 2.10 bits per heavy atom. The van der Waals surface area contributed by atoms with Crippen molar-refractivity contribution in [3.63, 3.8) is 0 Å². The monoisotopic (exact) mass is 300 g/mol. The smallest absolute Gasteiger partial charge is 0.388 e. The SMILES string of the molecule is CCOC(=O)SNC(=O)C1=C(N2CCOCC2)CCC1. The average Bonchev–Trinajstić information content (AvgIpc) is 2.95. The van der Waals surface area contributed by atoms with E-state index in [1.807, 2.05) is 0 Å². The number of hydrogen-bond donors (Lipinski definition) is 1. The predicted molar refractivity (Wildman–Crippen MR) is 76.0 cm³/mol. The maximum atomic E-state index is 12.2. The minimum Gasteiger partial charge on any atom is -0.457 e. The van der Waals surface area contributed by atoms with Crippen LogP contribution in [0.25, 0.3) is 0 Å². The lowest BCUT2D eigenvalue weighted by Crippen LogP contribution is -2.36. The number of morpholine rings is 1. The molecule has 1 aliphatic carbocycles. The van der Waals surface area contributed by atoms with E-state index in [0.717, 1.165) is 43.6 Å². The van der Waals surface area contributed by atoms with Crippen LogP contribution >= 0.6 is 11.9 Å². The number of allylic oxidation sites excluding steroid dienone is 1. The molecule has 1 N–H and O–H groups in total. The largest absolute Gasteiger partial charge is 0.457 e. The van der Waals surface area contributed by atoms with Crippen LogP contribution < -0.4 is 4.72 Å². The van der Waals surface area contributed by atoms with Crippen molar-refractivity contribution in [3.8, 4) is 0 Å². The molecule has 20 heavy (non-hydrogen) atoms. The van der Waals surface area contributed by atoms with E-state index in [4.69, 9.17) is 9.47 Å². The van der Waals surface area contributed by atoms with Crippen LogP contribution in [-0.2, 0) is 14.3 Å². The van der Waals surface area contributed by atoms with Crippen molar-refractivity contribution in [1.82, 2.24) is 9.62 Å². The normalized spacial score (nSPS) is 19.1. The first-order chi connectivity index (χ1) is 9.72. The van der Waals surface area contributed by atoms with Gasteiger partial charge in [0.2, 0.25) is 0 Å². The van der Waals surface area contributed by atoms with E-state index in [9.17, 15) is 9.59 Å². The van der Waals surface area contributed by atoms with Gasteiger partial charge in [0.15, 0.2) is 0 Å². The van der Waals surface area contributed by atoms with Crippen LogP contribution in [0.1, 0.15) is 26.2 Å². The van der Waals surface area contributed by atoms with Gasteiger partial charge in [0.05, 0.1) is 31.8 Å². The zero-order chi connectivity index (χ0) is 14.4. The molecule has 2 rings (SSSR count). The van der Waals surface area contributed by atoms with Gasteiger partial charge in [0, 0.05) is 24.4 Å². The van der Waals surface area contributed by atoms with Gasteiger partial charge in [-0.05, 0) is 26.2 Å². The Labute approximate surface area is 123 Å². The molecule has 7 heteroatoms. The molecule has 0 spiro atoms. The molecule has 0 atom stereocenters. The van der Waals surface area contributed by atoms with Gasteiger partial charge in [-0.25, -0.2) is 4.79 Å². The van der Waals surface area contributed by atoms with Gasteiger partial charge in [0.1, 0.15) is 0 Å². The van der Waals surface area contributed by atoms with Gasteiger partial charge in [-0.3, -0.25) is 9.52 Å². The summed E-state index contributed by atoms with van der Waals surface area (Å²) in [5.74, 6) is -0.179. The summed E-state index contributed by atoms with van der Waals surface area (Å²) in [5, 5.41) is -0.479. The number of nitrogens with zero attached hydrogens (tertiary/aromatic N) is 1. The molecule has 1 aliphatic heterocycles. The summed E-state index contributed by atoms with van der Waals surface area (Å²) in [6.45, 7) is 5.11. The number of ether oxygens (including phenoxy) is 2. The highest BCUT2D eigenvalue weighted by Crippen LogP contribution is 2.29.